The van der Waals surface area contributed by atoms with E-state index in [0.29, 0.717) is 12.0 Å². The molecule has 0 spiro atoms. The lowest BCUT2D eigenvalue weighted by Crippen LogP contribution is -2.49. The van der Waals surface area contributed by atoms with Gasteiger partial charge in [-0.15, -0.1) is 0 Å². The molecule has 2 aromatic heterocycles. The minimum atomic E-state index is 0.491. The summed E-state index contributed by atoms with van der Waals surface area (Å²) in [4.78, 5) is 2.59. The number of fused-ring (bicyclic) bond motifs is 1. The van der Waals surface area contributed by atoms with Crippen LogP contribution in [-0.4, -0.2) is 56.8 Å². The first-order valence-electron chi connectivity index (χ1n) is 9.67. The second-order valence-corrected chi connectivity index (χ2v) is 8.12. The Kier molecular flexibility index (Phi) is 4.42. The van der Waals surface area contributed by atoms with Gasteiger partial charge in [-0.25, -0.2) is 4.68 Å². The number of nitrogens with zero attached hydrogens (tertiary/aromatic N) is 5. The van der Waals surface area contributed by atoms with Gasteiger partial charge in [0.15, 0.2) is 0 Å². The first-order chi connectivity index (χ1) is 13.2. The minimum Gasteiger partial charge on any atom is -0.378 e. The lowest BCUT2D eigenvalue weighted by molar-refractivity contribution is -0.0637. The molecule has 3 aromatic rings. The molecule has 2 aliphatic rings. The van der Waals surface area contributed by atoms with E-state index >= 15 is 0 Å². The zero-order valence-electron chi connectivity index (χ0n) is 15.5. The van der Waals surface area contributed by atoms with Crippen molar-refractivity contribution in [3.05, 3.63) is 41.3 Å². The van der Waals surface area contributed by atoms with Gasteiger partial charge in [-0.2, -0.15) is 10.2 Å². The van der Waals surface area contributed by atoms with Crippen LogP contribution in [0.2, 0.25) is 5.02 Å². The molecule has 2 fully saturated rings. The van der Waals surface area contributed by atoms with Crippen molar-refractivity contribution in [3.63, 3.8) is 0 Å². The SMILES string of the molecule is Cn1cc(-n2ncc3cc(Cl)c([C@H]4CCCN(C5COC5)CC4)cc32)cn1. The molecule has 1 atom stereocenters. The van der Waals surface area contributed by atoms with Gasteiger partial charge in [-0.1, -0.05) is 11.6 Å². The van der Waals surface area contributed by atoms with Crippen LogP contribution in [0.5, 0.6) is 0 Å². The Labute approximate surface area is 163 Å². The predicted molar refractivity (Wildman–Crippen MR) is 106 cm³/mol. The molecule has 0 unspecified atom stereocenters. The van der Waals surface area contributed by atoms with E-state index in [9.17, 15) is 0 Å². The zero-order chi connectivity index (χ0) is 18.4. The van der Waals surface area contributed by atoms with Crippen molar-refractivity contribution in [2.75, 3.05) is 26.3 Å². The van der Waals surface area contributed by atoms with Crippen molar-refractivity contribution < 1.29 is 4.74 Å². The number of benzene rings is 1. The van der Waals surface area contributed by atoms with Gasteiger partial charge in [-0.05, 0) is 56.0 Å². The molecule has 0 radical (unpaired) electrons. The molecule has 2 saturated heterocycles. The third-order valence-electron chi connectivity index (χ3n) is 5.96. The molecule has 27 heavy (non-hydrogen) atoms. The van der Waals surface area contributed by atoms with Gasteiger partial charge in [0.25, 0.3) is 0 Å². The Morgan fingerprint density at radius 2 is 2.00 bits per heavy atom. The van der Waals surface area contributed by atoms with E-state index in [2.05, 4.69) is 27.2 Å². The summed E-state index contributed by atoms with van der Waals surface area (Å²) in [7, 11) is 1.92. The molecule has 0 N–H and O–H groups in total. The van der Waals surface area contributed by atoms with Crippen molar-refractivity contribution in [3.8, 4) is 5.69 Å². The van der Waals surface area contributed by atoms with Crippen LogP contribution in [-0.2, 0) is 11.8 Å². The van der Waals surface area contributed by atoms with Crippen LogP contribution in [0.1, 0.15) is 30.7 Å². The van der Waals surface area contributed by atoms with Gasteiger partial charge in [0.05, 0.1) is 43.4 Å². The molecule has 0 amide bonds. The van der Waals surface area contributed by atoms with E-state index in [1.807, 2.05) is 30.3 Å². The summed E-state index contributed by atoms with van der Waals surface area (Å²) < 4.78 is 9.13. The van der Waals surface area contributed by atoms with Crippen LogP contribution in [0.4, 0.5) is 0 Å². The number of halogens is 1. The molecule has 2 aliphatic heterocycles. The Bertz CT molecular complexity index is 961. The second-order valence-electron chi connectivity index (χ2n) is 7.72. The lowest BCUT2D eigenvalue weighted by Gasteiger charge is -2.36. The summed E-state index contributed by atoms with van der Waals surface area (Å²) in [6.07, 6.45) is 9.22. The smallest absolute Gasteiger partial charge is 0.103 e. The van der Waals surface area contributed by atoms with E-state index < -0.39 is 0 Å². The topological polar surface area (TPSA) is 48.1 Å². The first kappa shape index (κ1) is 17.2. The molecule has 1 aromatic carbocycles. The van der Waals surface area contributed by atoms with Crippen molar-refractivity contribution in [2.24, 2.45) is 7.05 Å². The van der Waals surface area contributed by atoms with Crippen LogP contribution in [0.15, 0.2) is 30.7 Å². The molecule has 0 bridgehead atoms. The summed E-state index contributed by atoms with van der Waals surface area (Å²) in [5, 5.41) is 10.8. The van der Waals surface area contributed by atoms with Gasteiger partial charge in [0, 0.05) is 17.5 Å². The third-order valence-corrected chi connectivity index (χ3v) is 6.29. The highest BCUT2D eigenvalue weighted by Crippen LogP contribution is 2.36. The number of likely N-dealkylation sites (tertiary alicyclic amines) is 1. The van der Waals surface area contributed by atoms with Crippen LogP contribution in [0.3, 0.4) is 0 Å². The monoisotopic (exact) mass is 385 g/mol. The van der Waals surface area contributed by atoms with Crippen molar-refractivity contribution in [1.29, 1.82) is 0 Å². The molecular formula is C20H24ClN5O. The van der Waals surface area contributed by atoms with Gasteiger partial charge >= 0.3 is 0 Å². The van der Waals surface area contributed by atoms with Gasteiger partial charge in [0.1, 0.15) is 5.69 Å². The van der Waals surface area contributed by atoms with Gasteiger partial charge < -0.3 is 4.74 Å². The largest absolute Gasteiger partial charge is 0.378 e. The van der Waals surface area contributed by atoms with Gasteiger partial charge in [-0.3, -0.25) is 9.58 Å². The first-order valence-corrected chi connectivity index (χ1v) is 10.0. The molecular weight excluding hydrogens is 362 g/mol. The van der Waals surface area contributed by atoms with Crippen molar-refractivity contribution in [1.82, 2.24) is 24.5 Å². The lowest BCUT2D eigenvalue weighted by atomic mass is 9.91. The predicted octanol–water partition coefficient (Wildman–Crippen LogP) is 3.38. The van der Waals surface area contributed by atoms with E-state index in [1.165, 1.54) is 18.4 Å². The average molecular weight is 386 g/mol. The molecule has 142 valence electrons. The standard InChI is InChI=1S/C20H24ClN5O/c1-24-11-16(10-22-24)26-20-8-18(19(21)7-15(20)9-23-26)14-3-2-5-25(6-4-14)17-12-27-13-17/h7-11,14,17H,2-6,12-13H2,1H3/t14-/m0/s1. The second kappa shape index (κ2) is 6.93. The average Bonchev–Trinajstić information content (AvgIpc) is 3.13. The van der Waals surface area contributed by atoms with Crippen LogP contribution >= 0.6 is 11.6 Å². The number of aryl methyl sites for hydroxylation is 1. The van der Waals surface area contributed by atoms with E-state index in [4.69, 9.17) is 16.3 Å². The Morgan fingerprint density at radius 3 is 2.74 bits per heavy atom. The van der Waals surface area contributed by atoms with E-state index in [1.54, 1.807) is 4.68 Å². The van der Waals surface area contributed by atoms with Gasteiger partial charge in [0.2, 0.25) is 0 Å². The molecule has 0 aliphatic carbocycles. The normalized spacial score (nSPS) is 22.1. The maximum Gasteiger partial charge on any atom is 0.103 e. The Balaban J connectivity index is 1.46. The maximum atomic E-state index is 6.70. The third kappa shape index (κ3) is 3.16. The summed E-state index contributed by atoms with van der Waals surface area (Å²) >= 11 is 6.70. The number of ether oxygens (including phenoxy) is 1. The Morgan fingerprint density at radius 1 is 1.11 bits per heavy atom. The fraction of sp³-hybridized carbons (Fsp3) is 0.500. The fourth-order valence-corrected chi connectivity index (χ4v) is 4.65. The minimum absolute atomic E-state index is 0.491. The molecule has 0 saturated carbocycles. The van der Waals surface area contributed by atoms with E-state index in [-0.39, 0.29) is 0 Å². The number of hydrogen-bond donors (Lipinski definition) is 0. The molecule has 5 rings (SSSR count). The van der Waals surface area contributed by atoms with Crippen LogP contribution in [0, 0.1) is 0 Å². The maximum absolute atomic E-state index is 6.70. The number of aromatic nitrogens is 4. The van der Waals surface area contributed by atoms with Crippen molar-refractivity contribution >= 4 is 22.5 Å². The molecule has 4 heterocycles. The van der Waals surface area contributed by atoms with E-state index in [0.717, 1.165) is 54.3 Å². The van der Waals surface area contributed by atoms with Crippen molar-refractivity contribution in [2.45, 2.75) is 31.2 Å². The molecule has 6 nitrogen and oxygen atoms in total. The number of hydrogen-bond acceptors (Lipinski definition) is 4. The highest BCUT2D eigenvalue weighted by molar-refractivity contribution is 6.32. The Hall–Kier alpha value is -1.89. The van der Waals surface area contributed by atoms with Crippen LogP contribution < -0.4 is 0 Å². The highest BCUT2D eigenvalue weighted by Gasteiger charge is 2.29. The number of rotatable bonds is 3. The quantitative estimate of drug-likeness (QED) is 0.693. The zero-order valence-corrected chi connectivity index (χ0v) is 16.3. The van der Waals surface area contributed by atoms with Crippen LogP contribution in [0.25, 0.3) is 16.6 Å². The summed E-state index contributed by atoms with van der Waals surface area (Å²) in [5.41, 5.74) is 3.32. The highest BCUT2D eigenvalue weighted by atomic mass is 35.5. The summed E-state index contributed by atoms with van der Waals surface area (Å²) in [6.45, 7) is 4.07. The molecule has 7 heteroatoms. The summed E-state index contributed by atoms with van der Waals surface area (Å²) in [5.74, 6) is 0.491. The fourth-order valence-electron chi connectivity index (χ4n) is 4.33. The summed E-state index contributed by atoms with van der Waals surface area (Å²) in [6, 6.07) is 4.92.